The van der Waals surface area contributed by atoms with Gasteiger partial charge in [-0.15, -0.1) is 0 Å². The molecule has 1 aliphatic carbocycles. The molecule has 2 amide bonds. The molecule has 3 aromatic rings. The highest BCUT2D eigenvalue weighted by atomic mass is 16.5. The minimum absolute atomic E-state index is 0.134. The molecule has 176 valence electrons. The molecule has 2 heterocycles. The van der Waals surface area contributed by atoms with E-state index < -0.39 is 0 Å². The highest BCUT2D eigenvalue weighted by Gasteiger charge is 2.58. The molecule has 4 atom stereocenters. The van der Waals surface area contributed by atoms with Crippen molar-refractivity contribution >= 4 is 23.2 Å². The molecular formula is C28H31N3O3. The van der Waals surface area contributed by atoms with Gasteiger partial charge >= 0.3 is 0 Å². The van der Waals surface area contributed by atoms with Crippen LogP contribution >= 0.6 is 0 Å². The standard InChI is InChI=1S/C28H31N3O3/c1-18-14-20(22-6-2-3-7-24(22)30-18)16-34-21-11-9-19(10-12-21)15-23-26(27(23)28(29)33)25-8-4-5-13-31(25)17-32/h2-3,6-7,9-12,14,17,23,25-27H,4-5,8,13,15-16H2,1H3,(H2,29,33)/t23?,25?,26?,27-/m1/s1. The van der Waals surface area contributed by atoms with Gasteiger partial charge in [0.15, 0.2) is 0 Å². The predicted molar refractivity (Wildman–Crippen MR) is 131 cm³/mol. The maximum Gasteiger partial charge on any atom is 0.221 e. The van der Waals surface area contributed by atoms with Gasteiger partial charge in [0.25, 0.3) is 0 Å². The van der Waals surface area contributed by atoms with Crippen molar-refractivity contribution in [2.75, 3.05) is 6.54 Å². The third-order valence-electron chi connectivity index (χ3n) is 7.45. The molecule has 0 bridgehead atoms. The number of aryl methyl sites for hydroxylation is 1. The number of primary amides is 1. The van der Waals surface area contributed by atoms with E-state index in [1.54, 1.807) is 0 Å². The summed E-state index contributed by atoms with van der Waals surface area (Å²) >= 11 is 0. The number of nitrogens with zero attached hydrogens (tertiary/aromatic N) is 2. The zero-order valence-electron chi connectivity index (χ0n) is 19.5. The molecule has 0 radical (unpaired) electrons. The van der Waals surface area contributed by atoms with E-state index in [9.17, 15) is 9.59 Å². The summed E-state index contributed by atoms with van der Waals surface area (Å²) < 4.78 is 6.09. The van der Waals surface area contributed by atoms with Crippen molar-refractivity contribution in [3.05, 3.63) is 71.4 Å². The van der Waals surface area contributed by atoms with Gasteiger partial charge in [-0.05, 0) is 74.3 Å². The molecule has 34 heavy (non-hydrogen) atoms. The summed E-state index contributed by atoms with van der Waals surface area (Å²) in [5.74, 6) is 0.777. The number of carbonyl (C=O) groups excluding carboxylic acids is 2. The van der Waals surface area contributed by atoms with Gasteiger partial charge < -0.3 is 15.4 Å². The quantitative estimate of drug-likeness (QED) is 0.518. The Kier molecular flexibility index (Phi) is 6.22. The van der Waals surface area contributed by atoms with E-state index in [0.29, 0.717) is 6.61 Å². The summed E-state index contributed by atoms with van der Waals surface area (Å²) in [6.45, 7) is 3.25. The maximum absolute atomic E-state index is 12.1. The Balaban J connectivity index is 1.24. The van der Waals surface area contributed by atoms with Gasteiger partial charge in [-0.25, -0.2) is 0 Å². The van der Waals surface area contributed by atoms with Crippen LogP contribution in [0.2, 0.25) is 0 Å². The number of benzene rings is 2. The summed E-state index contributed by atoms with van der Waals surface area (Å²) in [7, 11) is 0. The first-order chi connectivity index (χ1) is 16.5. The summed E-state index contributed by atoms with van der Waals surface area (Å²) in [4.78, 5) is 30.1. The van der Waals surface area contributed by atoms with Gasteiger partial charge in [0, 0.05) is 35.1 Å². The predicted octanol–water partition coefficient (Wildman–Crippen LogP) is 4.02. The van der Waals surface area contributed by atoms with Crippen molar-refractivity contribution in [1.82, 2.24) is 9.88 Å². The van der Waals surface area contributed by atoms with Gasteiger partial charge in [-0.1, -0.05) is 30.3 Å². The molecule has 1 aromatic heterocycles. The SMILES string of the molecule is Cc1cc(COc2ccc(CC3C(C4CCCCN4C=O)[C@@H]3C(N)=O)cc2)c2ccccc2n1. The average molecular weight is 458 g/mol. The van der Waals surface area contributed by atoms with Crippen molar-refractivity contribution in [3.8, 4) is 5.75 Å². The minimum atomic E-state index is -0.244. The van der Waals surface area contributed by atoms with Gasteiger partial charge in [0.1, 0.15) is 12.4 Å². The first kappa shape index (κ1) is 22.4. The Hall–Kier alpha value is -3.41. The number of hydrogen-bond donors (Lipinski definition) is 1. The van der Waals surface area contributed by atoms with Crippen molar-refractivity contribution < 1.29 is 14.3 Å². The van der Waals surface area contributed by atoms with Crippen LogP contribution in [-0.2, 0) is 22.6 Å². The molecule has 6 heteroatoms. The van der Waals surface area contributed by atoms with Crippen LogP contribution in [0.25, 0.3) is 10.9 Å². The van der Waals surface area contributed by atoms with E-state index >= 15 is 0 Å². The fourth-order valence-corrected chi connectivity index (χ4v) is 5.78. The van der Waals surface area contributed by atoms with Crippen LogP contribution in [0.3, 0.4) is 0 Å². The van der Waals surface area contributed by atoms with Crippen LogP contribution in [0.15, 0.2) is 54.6 Å². The molecule has 2 fully saturated rings. The number of amides is 2. The number of rotatable bonds is 8. The first-order valence-electron chi connectivity index (χ1n) is 12.1. The van der Waals surface area contributed by atoms with Crippen LogP contribution in [0.4, 0.5) is 0 Å². The molecule has 3 unspecified atom stereocenters. The molecule has 1 saturated carbocycles. The molecular weight excluding hydrogens is 426 g/mol. The number of aromatic nitrogens is 1. The van der Waals surface area contributed by atoms with Crippen molar-refractivity contribution in [1.29, 1.82) is 0 Å². The molecule has 2 aliphatic rings. The Morgan fingerprint density at radius 2 is 1.97 bits per heavy atom. The monoisotopic (exact) mass is 457 g/mol. The summed E-state index contributed by atoms with van der Waals surface area (Å²) in [5, 5.41) is 1.11. The third kappa shape index (κ3) is 4.49. The van der Waals surface area contributed by atoms with Gasteiger partial charge in [-0.3, -0.25) is 14.6 Å². The van der Waals surface area contributed by atoms with Crippen LogP contribution in [0.5, 0.6) is 5.75 Å². The topological polar surface area (TPSA) is 85.5 Å². The number of carbonyl (C=O) groups is 2. The molecule has 5 rings (SSSR count). The van der Waals surface area contributed by atoms with E-state index in [1.807, 2.05) is 42.2 Å². The van der Waals surface area contributed by atoms with E-state index in [4.69, 9.17) is 10.5 Å². The van der Waals surface area contributed by atoms with E-state index in [-0.39, 0.29) is 29.7 Å². The van der Waals surface area contributed by atoms with Gasteiger partial charge in [0.05, 0.1) is 5.52 Å². The van der Waals surface area contributed by atoms with Crippen LogP contribution in [-0.4, -0.2) is 34.8 Å². The largest absolute Gasteiger partial charge is 0.489 e. The number of nitrogens with two attached hydrogens (primary N) is 1. The van der Waals surface area contributed by atoms with Crippen LogP contribution < -0.4 is 10.5 Å². The Morgan fingerprint density at radius 1 is 1.18 bits per heavy atom. The minimum Gasteiger partial charge on any atom is -0.489 e. The van der Waals surface area contributed by atoms with Crippen LogP contribution in [0.1, 0.15) is 36.1 Å². The number of piperidine rings is 1. The van der Waals surface area contributed by atoms with Crippen molar-refractivity contribution in [2.45, 2.75) is 45.3 Å². The zero-order valence-corrected chi connectivity index (χ0v) is 19.5. The van der Waals surface area contributed by atoms with Crippen molar-refractivity contribution in [3.63, 3.8) is 0 Å². The van der Waals surface area contributed by atoms with Crippen molar-refractivity contribution in [2.24, 2.45) is 23.5 Å². The molecule has 6 nitrogen and oxygen atoms in total. The van der Waals surface area contributed by atoms with E-state index in [1.165, 1.54) is 0 Å². The molecule has 1 saturated heterocycles. The number of ether oxygens (including phenoxy) is 1. The lowest BCUT2D eigenvalue weighted by Gasteiger charge is -2.33. The second-order valence-electron chi connectivity index (χ2n) is 9.65. The smallest absolute Gasteiger partial charge is 0.221 e. The van der Waals surface area contributed by atoms with E-state index in [0.717, 1.165) is 72.1 Å². The highest BCUT2D eigenvalue weighted by molar-refractivity contribution is 5.82. The number of likely N-dealkylation sites (tertiary alicyclic amines) is 1. The van der Waals surface area contributed by atoms with Crippen LogP contribution in [0, 0.1) is 24.7 Å². The first-order valence-corrected chi connectivity index (χ1v) is 12.1. The Bertz CT molecular complexity index is 1190. The fraction of sp³-hybridized carbons (Fsp3) is 0.393. The molecule has 2 N–H and O–H groups in total. The second-order valence-corrected chi connectivity index (χ2v) is 9.65. The number of fused-ring (bicyclic) bond motifs is 1. The average Bonchev–Trinajstić information content (AvgIpc) is 3.57. The highest BCUT2D eigenvalue weighted by Crippen LogP contribution is 2.53. The zero-order chi connectivity index (χ0) is 23.7. The summed E-state index contributed by atoms with van der Waals surface area (Å²) in [6, 6.07) is 18.4. The van der Waals surface area contributed by atoms with E-state index in [2.05, 4.69) is 29.2 Å². The Morgan fingerprint density at radius 3 is 2.74 bits per heavy atom. The lowest BCUT2D eigenvalue weighted by atomic mass is 9.96. The third-order valence-corrected chi connectivity index (χ3v) is 7.45. The normalized spacial score (nSPS) is 24.1. The number of hydrogen-bond acceptors (Lipinski definition) is 4. The Labute approximate surface area is 200 Å². The number of para-hydroxylation sites is 1. The summed E-state index contributed by atoms with van der Waals surface area (Å²) in [5.41, 5.74) is 9.95. The maximum atomic E-state index is 12.1. The lowest BCUT2D eigenvalue weighted by Crippen LogP contribution is -2.41. The molecule has 2 aromatic carbocycles. The van der Waals surface area contributed by atoms with Gasteiger partial charge in [0.2, 0.25) is 12.3 Å². The fourth-order valence-electron chi connectivity index (χ4n) is 5.78. The second kappa shape index (κ2) is 9.45. The molecule has 1 aliphatic heterocycles. The van der Waals surface area contributed by atoms with Gasteiger partial charge in [-0.2, -0.15) is 0 Å². The summed E-state index contributed by atoms with van der Waals surface area (Å²) in [6.07, 6.45) is 4.82. The lowest BCUT2D eigenvalue weighted by molar-refractivity contribution is -0.123. The molecule has 0 spiro atoms. The number of pyridine rings is 1.